The maximum absolute atomic E-state index is 6.45. The molecule has 0 atom stereocenters. The molecule has 0 bridgehead atoms. The van der Waals surface area contributed by atoms with E-state index >= 15 is 0 Å². The highest BCUT2D eigenvalue weighted by molar-refractivity contribution is 6.20. The number of benzene rings is 9. The molecule has 9 aromatic carbocycles. The first kappa shape index (κ1) is 28.2. The second-order valence-electron chi connectivity index (χ2n) is 13.7. The Morgan fingerprint density at radius 1 is 0.392 bits per heavy atom. The quantitative estimate of drug-likeness (QED) is 0.176. The third-order valence-electron chi connectivity index (χ3n) is 10.9. The average Bonchev–Trinajstić information content (AvgIpc) is 3.76. The van der Waals surface area contributed by atoms with Crippen LogP contribution in [0.15, 0.2) is 180 Å². The Hall–Kier alpha value is -6.64. The Balaban J connectivity index is 1.13. The van der Waals surface area contributed by atoms with Crippen molar-refractivity contribution in [2.24, 2.45) is 0 Å². The van der Waals surface area contributed by atoms with Gasteiger partial charge in [-0.2, -0.15) is 0 Å². The van der Waals surface area contributed by atoms with E-state index in [4.69, 9.17) is 4.42 Å². The van der Waals surface area contributed by atoms with Crippen molar-refractivity contribution in [1.29, 1.82) is 0 Å². The summed E-state index contributed by atoms with van der Waals surface area (Å²) in [6.45, 7) is 0. The van der Waals surface area contributed by atoms with Gasteiger partial charge in [-0.05, 0) is 103 Å². The van der Waals surface area contributed by atoms with Crippen LogP contribution in [0.4, 0.5) is 17.1 Å². The van der Waals surface area contributed by atoms with Crippen molar-refractivity contribution in [3.8, 4) is 22.3 Å². The fourth-order valence-corrected chi connectivity index (χ4v) is 8.55. The maximum atomic E-state index is 6.45. The van der Waals surface area contributed by atoms with Crippen LogP contribution >= 0.6 is 0 Å². The SMILES string of the molecule is c1ccc(-c2cccc3c2-c2ccc(N(c4ccc5c(c4)oc4ccccc45)c4cccc5c4ccc4c6ccccc6ccc54)cc2C3)cc1. The van der Waals surface area contributed by atoms with Gasteiger partial charge in [0.15, 0.2) is 0 Å². The molecule has 1 aromatic heterocycles. The zero-order valence-corrected chi connectivity index (χ0v) is 27.8. The van der Waals surface area contributed by atoms with Crippen molar-refractivity contribution >= 4 is 71.3 Å². The largest absolute Gasteiger partial charge is 0.456 e. The van der Waals surface area contributed by atoms with E-state index in [-0.39, 0.29) is 0 Å². The molecule has 0 amide bonds. The third-order valence-corrected chi connectivity index (χ3v) is 10.9. The van der Waals surface area contributed by atoms with Gasteiger partial charge in [0.1, 0.15) is 11.2 Å². The van der Waals surface area contributed by atoms with Crippen LogP contribution in [0.1, 0.15) is 11.1 Å². The molecular weight excluding hydrogens is 619 g/mol. The zero-order valence-electron chi connectivity index (χ0n) is 27.8. The van der Waals surface area contributed by atoms with E-state index in [1.54, 1.807) is 0 Å². The summed E-state index contributed by atoms with van der Waals surface area (Å²) < 4.78 is 6.45. The standard InChI is InChI=1S/C49H31NO/c1-2-10-31(11-3-1)38-16-8-13-33-28-34-29-35(21-24-39(34)49(33)38)50(36-22-25-45-44-15-6-7-19-47(44)51-48(45)30-36)46-18-9-17-40-42-23-20-32-12-4-5-14-37(32)41(42)26-27-43(40)46/h1-27,29-30H,28H2. The number of nitrogens with zero attached hydrogens (tertiary/aromatic N) is 1. The molecule has 0 spiro atoms. The maximum Gasteiger partial charge on any atom is 0.137 e. The van der Waals surface area contributed by atoms with Crippen molar-refractivity contribution < 1.29 is 4.42 Å². The molecule has 0 fully saturated rings. The first-order valence-corrected chi connectivity index (χ1v) is 17.6. The van der Waals surface area contributed by atoms with E-state index in [0.29, 0.717) is 0 Å². The lowest BCUT2D eigenvalue weighted by Crippen LogP contribution is -2.11. The highest BCUT2D eigenvalue weighted by Gasteiger charge is 2.25. The first-order valence-electron chi connectivity index (χ1n) is 17.6. The molecule has 238 valence electrons. The molecule has 10 aromatic rings. The smallest absolute Gasteiger partial charge is 0.137 e. The number of furan rings is 1. The number of para-hydroxylation sites is 1. The van der Waals surface area contributed by atoms with Gasteiger partial charge in [0.05, 0.1) is 5.69 Å². The van der Waals surface area contributed by atoms with Crippen LogP contribution < -0.4 is 4.90 Å². The summed E-state index contributed by atoms with van der Waals surface area (Å²) in [6, 6.07) is 64.0. The van der Waals surface area contributed by atoms with Gasteiger partial charge in [-0.25, -0.2) is 0 Å². The van der Waals surface area contributed by atoms with Crippen LogP contribution in [0.5, 0.6) is 0 Å². The normalized spacial score (nSPS) is 12.2. The van der Waals surface area contributed by atoms with Gasteiger partial charge >= 0.3 is 0 Å². The van der Waals surface area contributed by atoms with Gasteiger partial charge in [-0.1, -0.05) is 133 Å². The molecule has 1 aliphatic rings. The van der Waals surface area contributed by atoms with Gasteiger partial charge in [-0.3, -0.25) is 0 Å². The predicted octanol–water partition coefficient (Wildman–Crippen LogP) is 13.8. The number of rotatable bonds is 4. The summed E-state index contributed by atoms with van der Waals surface area (Å²) in [5.41, 5.74) is 13.1. The lowest BCUT2D eigenvalue weighted by molar-refractivity contribution is 0.669. The van der Waals surface area contributed by atoms with Gasteiger partial charge < -0.3 is 9.32 Å². The van der Waals surface area contributed by atoms with Crippen molar-refractivity contribution in [3.05, 3.63) is 187 Å². The van der Waals surface area contributed by atoms with E-state index in [0.717, 1.165) is 45.4 Å². The summed E-state index contributed by atoms with van der Waals surface area (Å²) in [6.07, 6.45) is 0.906. The molecule has 0 N–H and O–H groups in total. The lowest BCUT2D eigenvalue weighted by Gasteiger charge is -2.28. The van der Waals surface area contributed by atoms with Crippen molar-refractivity contribution in [3.63, 3.8) is 0 Å². The summed E-state index contributed by atoms with van der Waals surface area (Å²) in [4.78, 5) is 2.42. The molecule has 0 radical (unpaired) electrons. The van der Waals surface area contributed by atoms with Gasteiger partial charge in [0.2, 0.25) is 0 Å². The fourth-order valence-electron chi connectivity index (χ4n) is 8.55. The molecule has 11 rings (SSSR count). The fraction of sp³-hybridized carbons (Fsp3) is 0.0204. The highest BCUT2D eigenvalue weighted by Crippen LogP contribution is 2.48. The number of hydrogen-bond donors (Lipinski definition) is 0. The summed E-state index contributed by atoms with van der Waals surface area (Å²) in [7, 11) is 0. The summed E-state index contributed by atoms with van der Waals surface area (Å²) >= 11 is 0. The van der Waals surface area contributed by atoms with E-state index in [9.17, 15) is 0 Å². The van der Waals surface area contributed by atoms with Crippen LogP contribution in [-0.2, 0) is 6.42 Å². The van der Waals surface area contributed by atoms with Crippen LogP contribution in [0.3, 0.4) is 0 Å². The van der Waals surface area contributed by atoms with E-state index in [1.807, 2.05) is 12.1 Å². The van der Waals surface area contributed by atoms with Crippen molar-refractivity contribution in [1.82, 2.24) is 0 Å². The molecule has 0 saturated carbocycles. The number of hydrogen-bond acceptors (Lipinski definition) is 2. The third kappa shape index (κ3) is 4.30. The van der Waals surface area contributed by atoms with Crippen LogP contribution in [-0.4, -0.2) is 0 Å². The highest BCUT2D eigenvalue weighted by atomic mass is 16.3. The molecule has 2 nitrogen and oxygen atoms in total. The van der Waals surface area contributed by atoms with Gasteiger partial charge in [-0.15, -0.1) is 0 Å². The van der Waals surface area contributed by atoms with Gasteiger partial charge in [0.25, 0.3) is 0 Å². The summed E-state index contributed by atoms with van der Waals surface area (Å²) in [5.74, 6) is 0. The van der Waals surface area contributed by atoms with Crippen LogP contribution in [0, 0.1) is 0 Å². The minimum absolute atomic E-state index is 0.886. The average molecular weight is 650 g/mol. The van der Waals surface area contributed by atoms with E-state index < -0.39 is 0 Å². The Kier molecular flexibility index (Phi) is 6.05. The Bertz CT molecular complexity index is 3010. The van der Waals surface area contributed by atoms with E-state index in [1.165, 1.54) is 65.7 Å². The number of anilines is 3. The molecule has 0 unspecified atom stereocenters. The minimum Gasteiger partial charge on any atom is -0.456 e. The molecule has 1 heterocycles. The minimum atomic E-state index is 0.886. The molecule has 51 heavy (non-hydrogen) atoms. The second-order valence-corrected chi connectivity index (χ2v) is 13.7. The molecule has 0 saturated heterocycles. The summed E-state index contributed by atoms with van der Waals surface area (Å²) in [5, 5.41) is 9.79. The topological polar surface area (TPSA) is 16.4 Å². The first-order chi connectivity index (χ1) is 25.3. The van der Waals surface area contributed by atoms with Crippen LogP contribution in [0.25, 0.3) is 76.5 Å². The second kappa shape index (κ2) is 10.9. The number of fused-ring (bicyclic) bond motifs is 11. The Morgan fingerprint density at radius 3 is 2.00 bits per heavy atom. The van der Waals surface area contributed by atoms with Crippen LogP contribution in [0.2, 0.25) is 0 Å². The molecule has 2 heteroatoms. The van der Waals surface area contributed by atoms with Crippen molar-refractivity contribution in [2.45, 2.75) is 6.42 Å². The molecule has 1 aliphatic carbocycles. The molecule has 0 aliphatic heterocycles. The lowest BCUT2D eigenvalue weighted by atomic mass is 9.94. The predicted molar refractivity (Wildman–Crippen MR) is 215 cm³/mol. The van der Waals surface area contributed by atoms with E-state index in [2.05, 4.69) is 169 Å². The Morgan fingerprint density at radius 2 is 1.06 bits per heavy atom. The Labute approximate surface area is 295 Å². The monoisotopic (exact) mass is 649 g/mol. The van der Waals surface area contributed by atoms with Crippen molar-refractivity contribution in [2.75, 3.05) is 4.90 Å². The molecular formula is C49H31NO. The zero-order chi connectivity index (χ0) is 33.5. The van der Waals surface area contributed by atoms with Gasteiger partial charge in [0, 0.05) is 33.6 Å².